The molecule has 1 atom stereocenters. The average Bonchev–Trinajstić information content (AvgIpc) is 2.55. The number of carbonyl (C=O) groups excluding carboxylic acids is 1. The molecule has 1 aromatic carbocycles. The number of carbonyl (C=O) groups is 1. The molecule has 0 aliphatic carbocycles. The van der Waals surface area contributed by atoms with Crippen molar-refractivity contribution in [2.45, 2.75) is 26.5 Å². The maximum Gasteiger partial charge on any atom is 0.219 e. The smallest absolute Gasteiger partial charge is 0.219 e. The number of hydrogen-bond donors (Lipinski definition) is 2. The van der Waals surface area contributed by atoms with Gasteiger partial charge in [-0.1, -0.05) is 24.3 Å². The predicted molar refractivity (Wildman–Crippen MR) is 87.5 cm³/mol. The fraction of sp³-hybridized carbons (Fsp3) is 0.588. The predicted octanol–water partition coefficient (Wildman–Crippen LogP) is 0.994. The van der Waals surface area contributed by atoms with E-state index in [4.69, 9.17) is 0 Å². The molecule has 0 aromatic heterocycles. The van der Waals surface area contributed by atoms with Crippen LogP contribution < -0.4 is 5.32 Å². The summed E-state index contributed by atoms with van der Waals surface area (Å²) in [6, 6.07) is 8.32. The molecule has 2 rings (SSSR count). The molecule has 1 amide bonds. The number of aliphatic hydroxyl groups excluding tert-OH is 1. The highest BCUT2D eigenvalue weighted by atomic mass is 16.3. The molecule has 22 heavy (non-hydrogen) atoms. The van der Waals surface area contributed by atoms with E-state index in [9.17, 15) is 9.90 Å². The van der Waals surface area contributed by atoms with Crippen molar-refractivity contribution in [3.05, 3.63) is 35.4 Å². The van der Waals surface area contributed by atoms with Crippen LogP contribution in [0.2, 0.25) is 0 Å². The van der Waals surface area contributed by atoms with Crippen molar-refractivity contribution in [2.75, 3.05) is 39.3 Å². The van der Waals surface area contributed by atoms with Crippen LogP contribution >= 0.6 is 0 Å². The first kappa shape index (κ1) is 16.9. The van der Waals surface area contributed by atoms with E-state index in [1.165, 1.54) is 5.56 Å². The molecule has 0 spiro atoms. The van der Waals surface area contributed by atoms with Gasteiger partial charge in [0.25, 0.3) is 0 Å². The van der Waals surface area contributed by atoms with Crippen molar-refractivity contribution >= 4 is 5.91 Å². The van der Waals surface area contributed by atoms with E-state index in [0.717, 1.165) is 44.8 Å². The van der Waals surface area contributed by atoms with Crippen molar-refractivity contribution < 1.29 is 9.90 Å². The highest BCUT2D eigenvalue weighted by Crippen LogP contribution is 2.14. The number of rotatable bonds is 6. The summed E-state index contributed by atoms with van der Waals surface area (Å²) in [4.78, 5) is 15.6. The molecule has 1 aromatic rings. The monoisotopic (exact) mass is 305 g/mol. The Labute approximate surface area is 132 Å². The van der Waals surface area contributed by atoms with Gasteiger partial charge in [0.1, 0.15) is 0 Å². The van der Waals surface area contributed by atoms with Crippen LogP contribution in [0.5, 0.6) is 0 Å². The summed E-state index contributed by atoms with van der Waals surface area (Å²) >= 11 is 0. The molecule has 1 saturated heterocycles. The summed E-state index contributed by atoms with van der Waals surface area (Å²) in [5.41, 5.74) is 2.15. The minimum absolute atomic E-state index is 0.0843. The first-order chi connectivity index (χ1) is 10.6. The number of piperazine rings is 1. The SMILES string of the molecule is CC(=O)N1CCN(CCNC(C)c2cccc(CO)c2)CC1. The number of benzene rings is 1. The van der Waals surface area contributed by atoms with Crippen molar-refractivity contribution in [2.24, 2.45) is 0 Å². The zero-order valence-corrected chi connectivity index (χ0v) is 13.6. The van der Waals surface area contributed by atoms with Gasteiger partial charge in [-0.15, -0.1) is 0 Å². The number of amides is 1. The summed E-state index contributed by atoms with van der Waals surface area (Å²) in [5.74, 6) is 0.176. The minimum atomic E-state index is 0.0843. The van der Waals surface area contributed by atoms with Crippen LogP contribution in [0.25, 0.3) is 0 Å². The molecule has 2 N–H and O–H groups in total. The van der Waals surface area contributed by atoms with Gasteiger partial charge in [-0.3, -0.25) is 9.69 Å². The van der Waals surface area contributed by atoms with Crippen LogP contribution in [0.1, 0.15) is 31.0 Å². The average molecular weight is 305 g/mol. The molecular weight excluding hydrogens is 278 g/mol. The Morgan fingerprint density at radius 2 is 2.05 bits per heavy atom. The third-order valence-electron chi connectivity index (χ3n) is 4.33. The highest BCUT2D eigenvalue weighted by molar-refractivity contribution is 5.73. The van der Waals surface area contributed by atoms with Gasteiger partial charge in [-0.05, 0) is 18.1 Å². The normalized spacial score (nSPS) is 17.5. The summed E-state index contributed by atoms with van der Waals surface area (Å²) in [5, 5.41) is 12.7. The Morgan fingerprint density at radius 3 is 2.68 bits per heavy atom. The van der Waals surface area contributed by atoms with Crippen molar-refractivity contribution in [3.63, 3.8) is 0 Å². The second-order valence-electron chi connectivity index (χ2n) is 5.93. The van der Waals surface area contributed by atoms with E-state index >= 15 is 0 Å². The molecule has 1 heterocycles. The summed E-state index contributed by atoms with van der Waals surface area (Å²) in [6.07, 6.45) is 0. The summed E-state index contributed by atoms with van der Waals surface area (Å²) in [7, 11) is 0. The highest BCUT2D eigenvalue weighted by Gasteiger charge is 2.18. The molecule has 1 fully saturated rings. The van der Waals surface area contributed by atoms with E-state index in [-0.39, 0.29) is 18.6 Å². The molecule has 1 aliphatic heterocycles. The van der Waals surface area contributed by atoms with Gasteiger partial charge in [-0.2, -0.15) is 0 Å². The van der Waals surface area contributed by atoms with Crippen LogP contribution in [0, 0.1) is 0 Å². The second-order valence-corrected chi connectivity index (χ2v) is 5.93. The quantitative estimate of drug-likeness (QED) is 0.823. The molecule has 122 valence electrons. The Bertz CT molecular complexity index is 485. The molecule has 1 aliphatic rings. The molecule has 0 bridgehead atoms. The zero-order valence-electron chi connectivity index (χ0n) is 13.6. The third kappa shape index (κ3) is 4.80. The largest absolute Gasteiger partial charge is 0.392 e. The fourth-order valence-corrected chi connectivity index (χ4v) is 2.80. The number of nitrogens with one attached hydrogen (secondary N) is 1. The summed E-state index contributed by atoms with van der Waals surface area (Å²) < 4.78 is 0. The standard InChI is InChI=1S/C17H27N3O2/c1-14(17-5-3-4-16(12-17)13-21)18-6-7-19-8-10-20(11-9-19)15(2)22/h3-5,12,14,18,21H,6-11,13H2,1-2H3. The van der Waals surface area contributed by atoms with Crippen LogP contribution in [0.3, 0.4) is 0 Å². The molecule has 0 radical (unpaired) electrons. The molecule has 1 unspecified atom stereocenters. The van der Waals surface area contributed by atoms with E-state index in [1.54, 1.807) is 6.92 Å². The number of nitrogens with zero attached hydrogens (tertiary/aromatic N) is 2. The molecule has 5 heteroatoms. The zero-order chi connectivity index (χ0) is 15.9. The van der Waals surface area contributed by atoms with Gasteiger partial charge in [0.2, 0.25) is 5.91 Å². The van der Waals surface area contributed by atoms with Gasteiger partial charge in [0.05, 0.1) is 6.61 Å². The van der Waals surface area contributed by atoms with Gasteiger partial charge in [-0.25, -0.2) is 0 Å². The molecular formula is C17H27N3O2. The van der Waals surface area contributed by atoms with E-state index in [1.807, 2.05) is 23.1 Å². The van der Waals surface area contributed by atoms with Crippen LogP contribution in [-0.4, -0.2) is 60.1 Å². The third-order valence-corrected chi connectivity index (χ3v) is 4.33. The lowest BCUT2D eigenvalue weighted by Gasteiger charge is -2.34. The minimum Gasteiger partial charge on any atom is -0.392 e. The van der Waals surface area contributed by atoms with Crippen LogP contribution in [0.4, 0.5) is 0 Å². The number of hydrogen-bond acceptors (Lipinski definition) is 4. The van der Waals surface area contributed by atoms with Crippen LogP contribution in [0.15, 0.2) is 24.3 Å². The number of aliphatic hydroxyl groups is 1. The van der Waals surface area contributed by atoms with Crippen molar-refractivity contribution in [3.8, 4) is 0 Å². The topological polar surface area (TPSA) is 55.8 Å². The summed E-state index contributed by atoms with van der Waals surface area (Å²) in [6.45, 7) is 9.36. The van der Waals surface area contributed by atoms with Crippen LogP contribution in [-0.2, 0) is 11.4 Å². The lowest BCUT2D eigenvalue weighted by molar-refractivity contribution is -0.130. The first-order valence-corrected chi connectivity index (χ1v) is 8.01. The van der Waals surface area contributed by atoms with E-state index < -0.39 is 0 Å². The Morgan fingerprint density at radius 1 is 1.32 bits per heavy atom. The van der Waals surface area contributed by atoms with E-state index in [0.29, 0.717) is 0 Å². The van der Waals surface area contributed by atoms with Crippen molar-refractivity contribution in [1.29, 1.82) is 0 Å². The van der Waals surface area contributed by atoms with Gasteiger partial charge < -0.3 is 15.3 Å². The van der Waals surface area contributed by atoms with Crippen molar-refractivity contribution in [1.82, 2.24) is 15.1 Å². The Hall–Kier alpha value is -1.43. The van der Waals surface area contributed by atoms with Gasteiger partial charge in [0.15, 0.2) is 0 Å². The lowest BCUT2D eigenvalue weighted by Crippen LogP contribution is -2.49. The maximum atomic E-state index is 11.3. The first-order valence-electron chi connectivity index (χ1n) is 8.01. The molecule has 0 saturated carbocycles. The van der Waals surface area contributed by atoms with Gasteiger partial charge in [0, 0.05) is 52.2 Å². The Balaban J connectivity index is 1.71. The molecule has 5 nitrogen and oxygen atoms in total. The maximum absolute atomic E-state index is 11.3. The van der Waals surface area contributed by atoms with Gasteiger partial charge >= 0.3 is 0 Å². The second kappa shape index (κ2) is 8.27. The lowest BCUT2D eigenvalue weighted by atomic mass is 10.1. The fourth-order valence-electron chi connectivity index (χ4n) is 2.80. The van der Waals surface area contributed by atoms with E-state index in [2.05, 4.69) is 23.2 Å². The Kier molecular flexibility index (Phi) is 6.36.